The van der Waals surface area contributed by atoms with E-state index in [4.69, 9.17) is 16.0 Å². The van der Waals surface area contributed by atoms with E-state index in [1.807, 2.05) is 0 Å². The summed E-state index contributed by atoms with van der Waals surface area (Å²) in [6.07, 6.45) is 0. The van der Waals surface area contributed by atoms with E-state index in [-0.39, 0.29) is 0 Å². The monoisotopic (exact) mass is 198 g/mol. The van der Waals surface area contributed by atoms with Gasteiger partial charge in [-0.05, 0) is 18.2 Å². The smallest absolute Gasteiger partial charge is 0.408 e. The van der Waals surface area contributed by atoms with Gasteiger partial charge >= 0.3 is 5.76 Å². The lowest BCUT2D eigenvalue weighted by molar-refractivity contribution is 0.555. The van der Waals surface area contributed by atoms with Crippen molar-refractivity contribution in [2.24, 2.45) is 0 Å². The fraction of sp³-hybridized carbons (Fsp3) is 0.125. The van der Waals surface area contributed by atoms with Gasteiger partial charge in [0, 0.05) is 5.69 Å². The fourth-order valence-electron chi connectivity index (χ4n) is 1.14. The Kier molecular flexibility index (Phi) is 1.98. The maximum Gasteiger partial charge on any atom is 0.417 e. The molecule has 1 heterocycles. The molecule has 0 unspecified atom stereocenters. The van der Waals surface area contributed by atoms with E-state index in [1.54, 1.807) is 18.2 Å². The van der Waals surface area contributed by atoms with Crippen LogP contribution in [0.4, 0.5) is 5.69 Å². The van der Waals surface area contributed by atoms with Gasteiger partial charge in [0.2, 0.25) is 0 Å². The predicted molar refractivity (Wildman–Crippen MR) is 51.2 cm³/mol. The molecule has 5 heteroatoms. The van der Waals surface area contributed by atoms with Crippen LogP contribution in [-0.4, -0.2) is 11.0 Å². The number of hydrogen-bond acceptors (Lipinski definition) is 3. The first-order chi connectivity index (χ1) is 6.29. The number of fused-ring (bicyclic) bond motifs is 1. The van der Waals surface area contributed by atoms with E-state index in [0.717, 1.165) is 5.69 Å². The lowest BCUT2D eigenvalue weighted by Gasteiger charge is -1.99. The molecule has 0 fully saturated rings. The minimum Gasteiger partial charge on any atom is -0.408 e. The van der Waals surface area contributed by atoms with Crippen LogP contribution in [0, 0.1) is 0 Å². The average Bonchev–Trinajstić information content (AvgIpc) is 2.44. The van der Waals surface area contributed by atoms with Gasteiger partial charge in [0.1, 0.15) is 0 Å². The van der Waals surface area contributed by atoms with E-state index in [9.17, 15) is 4.79 Å². The maximum absolute atomic E-state index is 10.8. The van der Waals surface area contributed by atoms with Crippen LogP contribution >= 0.6 is 11.6 Å². The van der Waals surface area contributed by atoms with Crippen LogP contribution in [0.15, 0.2) is 27.4 Å². The van der Waals surface area contributed by atoms with E-state index in [1.165, 1.54) is 0 Å². The molecule has 0 saturated carbocycles. The number of hydrogen-bond donors (Lipinski definition) is 2. The number of anilines is 1. The number of alkyl halides is 1. The van der Waals surface area contributed by atoms with E-state index < -0.39 is 5.76 Å². The van der Waals surface area contributed by atoms with Crippen molar-refractivity contribution < 1.29 is 4.42 Å². The second kappa shape index (κ2) is 3.14. The van der Waals surface area contributed by atoms with Gasteiger partial charge in [-0.1, -0.05) is 0 Å². The Morgan fingerprint density at radius 2 is 2.38 bits per heavy atom. The Morgan fingerprint density at radius 3 is 3.15 bits per heavy atom. The first-order valence-corrected chi connectivity index (χ1v) is 4.26. The molecule has 68 valence electrons. The molecule has 1 aromatic heterocycles. The van der Waals surface area contributed by atoms with E-state index >= 15 is 0 Å². The van der Waals surface area contributed by atoms with Crippen molar-refractivity contribution >= 4 is 28.4 Å². The molecule has 0 bridgehead atoms. The van der Waals surface area contributed by atoms with E-state index in [2.05, 4.69) is 10.3 Å². The summed E-state index contributed by atoms with van der Waals surface area (Å²) < 4.78 is 4.83. The van der Waals surface area contributed by atoms with Gasteiger partial charge in [-0.3, -0.25) is 4.98 Å². The number of nitrogens with one attached hydrogen (secondary N) is 2. The predicted octanol–water partition coefficient (Wildman–Crippen LogP) is 1.73. The Balaban J connectivity index is 2.54. The van der Waals surface area contributed by atoms with E-state index in [0.29, 0.717) is 17.1 Å². The summed E-state index contributed by atoms with van der Waals surface area (Å²) in [7, 11) is 0. The molecule has 0 amide bonds. The van der Waals surface area contributed by atoms with Gasteiger partial charge in [0.15, 0.2) is 5.58 Å². The molecule has 2 N–H and O–H groups in total. The second-order valence-electron chi connectivity index (χ2n) is 2.54. The minimum atomic E-state index is -0.446. The zero-order valence-electron chi connectivity index (χ0n) is 6.63. The van der Waals surface area contributed by atoms with Crippen LogP contribution in [0.5, 0.6) is 0 Å². The molecule has 0 radical (unpaired) electrons. The molecule has 2 aromatic rings. The second-order valence-corrected chi connectivity index (χ2v) is 2.80. The third-order valence-electron chi connectivity index (χ3n) is 1.69. The molecule has 0 atom stereocenters. The normalized spacial score (nSPS) is 10.5. The molecule has 13 heavy (non-hydrogen) atoms. The Bertz CT molecular complexity index is 474. The summed E-state index contributed by atoms with van der Waals surface area (Å²) >= 11 is 5.49. The summed E-state index contributed by atoms with van der Waals surface area (Å²) in [4.78, 5) is 13.3. The summed E-state index contributed by atoms with van der Waals surface area (Å²) in [6, 6.07) is 5.60. The first kappa shape index (κ1) is 8.19. The summed E-state index contributed by atoms with van der Waals surface area (Å²) in [6.45, 7) is 0. The van der Waals surface area contributed by atoms with Gasteiger partial charge < -0.3 is 9.73 Å². The number of aromatic amines is 1. The number of benzene rings is 1. The van der Waals surface area contributed by atoms with Crippen molar-refractivity contribution in [3.8, 4) is 0 Å². The zero-order chi connectivity index (χ0) is 9.26. The molecular formula is C8H7ClN2O2. The summed E-state index contributed by atoms with van der Waals surface area (Å²) in [5.41, 5.74) is 2.06. The Morgan fingerprint density at radius 1 is 1.54 bits per heavy atom. The fourth-order valence-corrected chi connectivity index (χ4v) is 1.29. The molecule has 0 aliphatic rings. The molecule has 1 aromatic carbocycles. The van der Waals surface area contributed by atoms with Crippen molar-refractivity contribution in [1.29, 1.82) is 0 Å². The molecule has 0 spiro atoms. The van der Waals surface area contributed by atoms with Gasteiger partial charge in [-0.25, -0.2) is 4.79 Å². The average molecular weight is 199 g/mol. The van der Waals surface area contributed by atoms with Crippen LogP contribution in [0.25, 0.3) is 11.1 Å². The summed E-state index contributed by atoms with van der Waals surface area (Å²) in [5, 5.41) is 2.91. The highest BCUT2D eigenvalue weighted by Gasteiger charge is 2.00. The van der Waals surface area contributed by atoms with Gasteiger partial charge in [0.05, 0.1) is 11.5 Å². The number of halogens is 1. The lowest BCUT2D eigenvalue weighted by Crippen LogP contribution is -1.94. The van der Waals surface area contributed by atoms with Gasteiger partial charge in [-0.15, -0.1) is 11.6 Å². The number of H-pyrrole nitrogens is 1. The third-order valence-corrected chi connectivity index (χ3v) is 1.82. The highest BCUT2D eigenvalue weighted by atomic mass is 35.5. The van der Waals surface area contributed by atoms with Crippen molar-refractivity contribution in [1.82, 2.24) is 4.98 Å². The quantitative estimate of drug-likeness (QED) is 0.571. The molecule has 0 aliphatic carbocycles. The van der Waals surface area contributed by atoms with Crippen LogP contribution in [0.3, 0.4) is 0 Å². The number of oxazole rings is 1. The maximum atomic E-state index is 10.8. The lowest BCUT2D eigenvalue weighted by atomic mass is 10.3. The summed E-state index contributed by atoms with van der Waals surface area (Å²) in [5.74, 6) is -0.446. The number of aromatic nitrogens is 1. The SMILES string of the molecule is O=c1[nH]c2cc(NCCl)ccc2o1. The van der Waals surface area contributed by atoms with Crippen LogP contribution in [0.1, 0.15) is 0 Å². The van der Waals surface area contributed by atoms with Crippen LogP contribution in [-0.2, 0) is 0 Å². The Labute approximate surface area is 78.5 Å². The minimum absolute atomic E-state index is 0.327. The molecule has 0 aliphatic heterocycles. The van der Waals surface area contributed by atoms with Crippen molar-refractivity contribution in [3.63, 3.8) is 0 Å². The molecule has 4 nitrogen and oxygen atoms in total. The highest BCUT2D eigenvalue weighted by molar-refractivity contribution is 6.18. The van der Waals surface area contributed by atoms with Gasteiger partial charge in [-0.2, -0.15) is 0 Å². The zero-order valence-corrected chi connectivity index (χ0v) is 7.39. The molecule has 0 saturated heterocycles. The van der Waals surface area contributed by atoms with Crippen molar-refractivity contribution in [3.05, 3.63) is 28.7 Å². The highest BCUT2D eigenvalue weighted by Crippen LogP contribution is 2.15. The third kappa shape index (κ3) is 1.53. The molecule has 2 rings (SSSR count). The standard InChI is InChI=1S/C8H7ClN2O2/c9-4-10-5-1-2-7-6(3-5)11-8(12)13-7/h1-3,10H,4H2,(H,11,12). The number of rotatable bonds is 2. The first-order valence-electron chi connectivity index (χ1n) is 3.72. The van der Waals surface area contributed by atoms with Gasteiger partial charge in [0.25, 0.3) is 0 Å². The largest absolute Gasteiger partial charge is 0.417 e. The topological polar surface area (TPSA) is 58.0 Å². The van der Waals surface area contributed by atoms with Crippen LogP contribution < -0.4 is 11.1 Å². The Hall–Kier alpha value is -1.42. The van der Waals surface area contributed by atoms with Crippen molar-refractivity contribution in [2.45, 2.75) is 0 Å². The molecular weight excluding hydrogens is 192 g/mol. The van der Waals surface area contributed by atoms with Crippen molar-refractivity contribution in [2.75, 3.05) is 11.3 Å². The van der Waals surface area contributed by atoms with Crippen LogP contribution in [0.2, 0.25) is 0 Å².